The van der Waals surface area contributed by atoms with Crippen LogP contribution in [0.2, 0.25) is 0 Å². The number of hydrogen-bond acceptors (Lipinski definition) is 0. The van der Waals surface area contributed by atoms with Gasteiger partial charge in [0.1, 0.15) is 0 Å². The summed E-state index contributed by atoms with van der Waals surface area (Å²) < 4.78 is 6.11. The van der Waals surface area contributed by atoms with Crippen LogP contribution < -0.4 is 0 Å². The molecule has 4 aliphatic carbocycles. The Morgan fingerprint density at radius 1 is 0.842 bits per heavy atom. The molecule has 0 aromatic heterocycles. The van der Waals surface area contributed by atoms with Crippen molar-refractivity contribution in [2.45, 2.75) is 58.8 Å². The van der Waals surface area contributed by atoms with Gasteiger partial charge in [-0.05, 0) is 0 Å². The van der Waals surface area contributed by atoms with E-state index in [1.54, 1.807) is 6.56 Å². The zero-order valence-electron chi connectivity index (χ0n) is 23.4. The monoisotopic (exact) mass is 570 g/mol. The molecule has 0 amide bonds. The van der Waals surface area contributed by atoms with Crippen LogP contribution in [0.4, 0.5) is 0 Å². The quantitative estimate of drug-likeness (QED) is 0.230. The molecule has 0 bridgehead atoms. The maximum absolute atomic E-state index is 2.69. The molecule has 0 radical (unpaired) electrons. The Labute approximate surface area is 235 Å². The molecular formula is C37H36Zr. The van der Waals surface area contributed by atoms with Crippen molar-refractivity contribution >= 4 is 15.9 Å². The third-order valence-corrected chi connectivity index (χ3v) is 17.2. The summed E-state index contributed by atoms with van der Waals surface area (Å²) in [6.07, 6.45) is 13.3. The Morgan fingerprint density at radius 3 is 2.21 bits per heavy atom. The fourth-order valence-corrected chi connectivity index (χ4v) is 15.2. The average Bonchev–Trinajstić information content (AvgIpc) is 3.57. The van der Waals surface area contributed by atoms with Crippen molar-refractivity contribution in [2.24, 2.45) is 5.92 Å². The van der Waals surface area contributed by atoms with Gasteiger partial charge in [0.15, 0.2) is 0 Å². The molecule has 1 atom stereocenters. The van der Waals surface area contributed by atoms with E-state index in [2.05, 4.69) is 130 Å². The molecule has 3 aromatic carbocycles. The predicted octanol–water partition coefficient (Wildman–Crippen LogP) is 9.14. The van der Waals surface area contributed by atoms with Gasteiger partial charge in [0, 0.05) is 0 Å². The molecule has 1 unspecified atom stereocenters. The van der Waals surface area contributed by atoms with Gasteiger partial charge in [0.2, 0.25) is 0 Å². The van der Waals surface area contributed by atoms with Gasteiger partial charge >= 0.3 is 237 Å². The normalized spacial score (nSPS) is 21.5. The van der Waals surface area contributed by atoms with Gasteiger partial charge in [0.05, 0.1) is 0 Å². The van der Waals surface area contributed by atoms with Crippen LogP contribution in [0.3, 0.4) is 0 Å². The van der Waals surface area contributed by atoms with Gasteiger partial charge in [-0.25, -0.2) is 0 Å². The first-order chi connectivity index (χ1) is 18.1. The summed E-state index contributed by atoms with van der Waals surface area (Å²) in [6.45, 7) is 14.3. The van der Waals surface area contributed by atoms with E-state index in [1.165, 1.54) is 55.6 Å². The van der Waals surface area contributed by atoms with Crippen LogP contribution in [-0.4, -0.2) is 3.71 Å². The average molecular weight is 572 g/mol. The molecule has 1 heteroatoms. The maximum atomic E-state index is 2.69. The molecule has 0 aliphatic heterocycles. The van der Waals surface area contributed by atoms with Crippen molar-refractivity contribution in [1.82, 2.24) is 0 Å². The first-order valence-electron chi connectivity index (χ1n) is 14.1. The second-order valence-electron chi connectivity index (χ2n) is 12.9. The molecule has 0 heterocycles. The van der Waals surface area contributed by atoms with Crippen LogP contribution in [0.25, 0.3) is 23.3 Å². The van der Waals surface area contributed by atoms with E-state index in [0.717, 1.165) is 6.42 Å². The topological polar surface area (TPSA) is 0 Å². The standard InChI is InChI=1S/C23H21.C7H9.C7H6.Zr/c1-22(2)7-5-14-10-18-16(12-20(14)22)9-17-13-21-15(11-19(17)18)6-8-23(21,3)4;1-6-3-4-7(2)5-6;1-7-5-3-2-4-6-7;/h5-7,10-13H,9H2,1-4H3;3,5,7H,1-2H3;1-6H;. The van der Waals surface area contributed by atoms with E-state index in [1.807, 2.05) is 0 Å². The van der Waals surface area contributed by atoms with Crippen LogP contribution >= 0.6 is 0 Å². The summed E-state index contributed by atoms with van der Waals surface area (Å²) in [6, 6.07) is 21.1. The fourth-order valence-electron chi connectivity index (χ4n) is 7.23. The Hall–Kier alpha value is -2.63. The van der Waals surface area contributed by atoms with Gasteiger partial charge < -0.3 is 0 Å². The Balaban J connectivity index is 1.36. The number of hydrogen-bond donors (Lipinski definition) is 0. The van der Waals surface area contributed by atoms with E-state index >= 15 is 0 Å². The molecule has 3 aromatic rings. The van der Waals surface area contributed by atoms with Gasteiger partial charge in [-0.1, -0.05) is 0 Å². The molecule has 0 spiro atoms. The third kappa shape index (κ3) is 3.69. The molecule has 0 nitrogen and oxygen atoms in total. The summed E-state index contributed by atoms with van der Waals surface area (Å²) in [5.74, 6) is 0.543. The van der Waals surface area contributed by atoms with E-state index in [0.29, 0.717) is 5.92 Å². The molecule has 0 N–H and O–H groups in total. The van der Waals surface area contributed by atoms with Crippen LogP contribution in [0, 0.1) is 5.92 Å². The summed E-state index contributed by atoms with van der Waals surface area (Å²) in [7, 11) is 0. The van der Waals surface area contributed by atoms with Crippen molar-refractivity contribution in [2.75, 3.05) is 0 Å². The number of rotatable bonds is 3. The molecule has 7 rings (SSSR count). The van der Waals surface area contributed by atoms with Crippen molar-refractivity contribution < 1.29 is 21.3 Å². The SMILES string of the molecule is CC1=CC(C)[C]([Zr](=[CH]c2ccccc2)[C]2=Cc3cc4c(cc3C2(C)C)Cc2cc3c(cc2-4)C=CC3(C)C)=C1. The second kappa shape index (κ2) is 8.43. The molecule has 188 valence electrons. The van der Waals surface area contributed by atoms with Gasteiger partial charge in [-0.15, -0.1) is 0 Å². The van der Waals surface area contributed by atoms with Crippen molar-refractivity contribution in [3.05, 3.63) is 124 Å². The van der Waals surface area contributed by atoms with Gasteiger partial charge in [-0.2, -0.15) is 0 Å². The third-order valence-electron chi connectivity index (χ3n) is 9.34. The summed E-state index contributed by atoms with van der Waals surface area (Å²) in [5, 5.41) is 0. The zero-order valence-corrected chi connectivity index (χ0v) is 25.9. The van der Waals surface area contributed by atoms with Crippen LogP contribution in [0.15, 0.2) is 85.0 Å². The zero-order chi connectivity index (χ0) is 26.4. The molecule has 0 saturated heterocycles. The van der Waals surface area contributed by atoms with Crippen LogP contribution in [0.1, 0.15) is 80.5 Å². The van der Waals surface area contributed by atoms with E-state index in [9.17, 15) is 0 Å². The van der Waals surface area contributed by atoms with E-state index in [4.69, 9.17) is 0 Å². The number of fused-ring (bicyclic) bond motifs is 5. The van der Waals surface area contributed by atoms with Gasteiger partial charge in [0.25, 0.3) is 0 Å². The summed E-state index contributed by atoms with van der Waals surface area (Å²) in [4.78, 5) is 0. The Bertz CT molecular complexity index is 1680. The molecular weight excluding hydrogens is 536 g/mol. The van der Waals surface area contributed by atoms with E-state index in [-0.39, 0.29) is 10.8 Å². The first kappa shape index (κ1) is 24.4. The van der Waals surface area contributed by atoms with Crippen LogP contribution in [0.5, 0.6) is 0 Å². The van der Waals surface area contributed by atoms with Crippen molar-refractivity contribution in [3.63, 3.8) is 0 Å². The van der Waals surface area contributed by atoms with Crippen molar-refractivity contribution in [1.29, 1.82) is 0 Å². The number of allylic oxidation sites excluding steroid dienone is 6. The molecule has 0 saturated carbocycles. The minimum absolute atomic E-state index is 0.0583. The fraction of sp³-hybridized carbons (Fsp3) is 0.270. The molecule has 38 heavy (non-hydrogen) atoms. The Kier molecular flexibility index (Phi) is 5.42. The Morgan fingerprint density at radius 2 is 1.53 bits per heavy atom. The summed E-state index contributed by atoms with van der Waals surface area (Å²) >= 11 is -2.32. The van der Waals surface area contributed by atoms with E-state index < -0.39 is 21.3 Å². The second-order valence-corrected chi connectivity index (χ2v) is 18.4. The first-order valence-corrected chi connectivity index (χ1v) is 17.9. The molecule has 0 fully saturated rings. The van der Waals surface area contributed by atoms with Crippen molar-refractivity contribution in [3.8, 4) is 11.1 Å². The number of benzene rings is 3. The summed E-state index contributed by atoms with van der Waals surface area (Å²) in [5.41, 5.74) is 14.8. The predicted molar refractivity (Wildman–Crippen MR) is 160 cm³/mol. The molecule has 4 aliphatic rings. The minimum atomic E-state index is -2.32. The van der Waals surface area contributed by atoms with Crippen LogP contribution in [-0.2, 0) is 38.5 Å². The van der Waals surface area contributed by atoms with Gasteiger partial charge in [-0.3, -0.25) is 0 Å².